The first-order valence-electron chi connectivity index (χ1n) is 5.90. The van der Waals surface area contributed by atoms with Crippen LogP contribution in [0.25, 0.3) is 0 Å². The van der Waals surface area contributed by atoms with Crippen molar-refractivity contribution in [3.63, 3.8) is 0 Å². The average molecular weight is 277 g/mol. The van der Waals surface area contributed by atoms with E-state index >= 15 is 0 Å². The fourth-order valence-electron chi connectivity index (χ4n) is 1.60. The minimum Gasteiger partial charge on any atom is -0.480 e. The van der Waals surface area contributed by atoms with Gasteiger partial charge in [0.2, 0.25) is 5.91 Å². The number of aliphatic carboxylic acids is 1. The molecule has 0 bridgehead atoms. The van der Waals surface area contributed by atoms with Gasteiger partial charge in [0.1, 0.15) is 6.04 Å². The summed E-state index contributed by atoms with van der Waals surface area (Å²) in [6.45, 7) is 1.48. The van der Waals surface area contributed by atoms with Crippen molar-refractivity contribution in [2.24, 2.45) is 0 Å². The van der Waals surface area contributed by atoms with Crippen LogP contribution in [0.15, 0.2) is 0 Å². The van der Waals surface area contributed by atoms with Gasteiger partial charge in [-0.2, -0.15) is 0 Å². The van der Waals surface area contributed by atoms with Crippen LogP contribution in [0.2, 0.25) is 0 Å². The van der Waals surface area contributed by atoms with Crippen molar-refractivity contribution >= 4 is 33.5 Å². The summed E-state index contributed by atoms with van der Waals surface area (Å²) >= 11 is 0. The lowest BCUT2D eigenvalue weighted by molar-refractivity contribution is -0.141. The van der Waals surface area contributed by atoms with Gasteiger partial charge in [-0.1, -0.05) is 28.0 Å². The van der Waals surface area contributed by atoms with Gasteiger partial charge >= 0.3 is 5.97 Å². The molecule has 0 aromatic rings. The Hall–Kier alpha value is -0.360. The molecule has 0 aliphatic carbocycles. The monoisotopic (exact) mass is 277 g/mol. The molecular weight excluding hydrogens is 258 g/mol. The topological polar surface area (TPSA) is 66.4 Å². The maximum Gasteiger partial charge on any atom is 0.325 e. The second-order valence-corrected chi connectivity index (χ2v) is 6.99. The zero-order chi connectivity index (χ0) is 12.7. The SMILES string of the molecule is C[C@H](NC(=O)CCCC[C@@H]1CCSS1)C(=O)O. The van der Waals surface area contributed by atoms with Crippen LogP contribution >= 0.6 is 21.6 Å². The fourth-order valence-corrected chi connectivity index (χ4v) is 4.63. The standard InChI is InChI=1S/C11H19NO3S2/c1-8(11(14)15)12-10(13)5-3-2-4-9-6-7-16-17-9/h8-9H,2-7H2,1H3,(H,12,13)(H,14,15)/t8-,9+/m0/s1. The van der Waals surface area contributed by atoms with Crippen LogP contribution in [-0.4, -0.2) is 34.0 Å². The molecule has 1 rings (SSSR count). The number of carbonyl (C=O) groups is 2. The maximum absolute atomic E-state index is 11.4. The van der Waals surface area contributed by atoms with E-state index in [9.17, 15) is 9.59 Å². The predicted molar refractivity (Wildman–Crippen MR) is 72.2 cm³/mol. The van der Waals surface area contributed by atoms with Crippen LogP contribution in [0.3, 0.4) is 0 Å². The van der Waals surface area contributed by atoms with E-state index in [0.717, 1.165) is 18.1 Å². The Morgan fingerprint density at radius 3 is 2.82 bits per heavy atom. The van der Waals surface area contributed by atoms with E-state index in [4.69, 9.17) is 5.11 Å². The van der Waals surface area contributed by atoms with Crippen molar-refractivity contribution in [2.45, 2.75) is 50.3 Å². The molecule has 1 saturated heterocycles. The van der Waals surface area contributed by atoms with E-state index in [2.05, 4.69) is 5.32 Å². The van der Waals surface area contributed by atoms with Crippen molar-refractivity contribution in [3.05, 3.63) is 0 Å². The highest BCUT2D eigenvalue weighted by Gasteiger charge is 2.16. The molecule has 1 amide bonds. The lowest BCUT2D eigenvalue weighted by atomic mass is 10.1. The number of nitrogens with one attached hydrogen (secondary N) is 1. The van der Waals surface area contributed by atoms with Gasteiger partial charge in [0.05, 0.1) is 0 Å². The van der Waals surface area contributed by atoms with Crippen LogP contribution in [0.5, 0.6) is 0 Å². The number of hydrogen-bond donors (Lipinski definition) is 2. The van der Waals surface area contributed by atoms with Gasteiger partial charge in [-0.3, -0.25) is 9.59 Å². The van der Waals surface area contributed by atoms with Gasteiger partial charge in [0.15, 0.2) is 0 Å². The first-order chi connectivity index (χ1) is 8.09. The first-order valence-corrected chi connectivity index (χ1v) is 8.28. The number of carboxylic acids is 1. The molecular formula is C11H19NO3S2. The summed E-state index contributed by atoms with van der Waals surface area (Å²) in [4.78, 5) is 21.9. The molecule has 98 valence electrons. The Labute approximate surface area is 110 Å². The molecule has 2 atom stereocenters. The minimum absolute atomic E-state index is 0.159. The van der Waals surface area contributed by atoms with Crippen LogP contribution in [0.4, 0.5) is 0 Å². The third-order valence-corrected chi connectivity index (χ3v) is 5.66. The van der Waals surface area contributed by atoms with Gasteiger partial charge < -0.3 is 10.4 Å². The van der Waals surface area contributed by atoms with Crippen molar-refractivity contribution in [3.8, 4) is 0 Å². The second kappa shape index (κ2) is 7.87. The summed E-state index contributed by atoms with van der Waals surface area (Å²) in [5.41, 5.74) is 0. The number of amides is 1. The number of hydrogen-bond acceptors (Lipinski definition) is 4. The maximum atomic E-state index is 11.4. The zero-order valence-corrected chi connectivity index (χ0v) is 11.6. The van der Waals surface area contributed by atoms with Crippen molar-refractivity contribution in [1.29, 1.82) is 0 Å². The summed E-state index contributed by atoms with van der Waals surface area (Å²) in [7, 11) is 3.88. The highest BCUT2D eigenvalue weighted by Crippen LogP contribution is 2.39. The first kappa shape index (κ1) is 14.7. The molecule has 0 spiro atoms. The highest BCUT2D eigenvalue weighted by atomic mass is 33.1. The molecule has 1 fully saturated rings. The van der Waals surface area contributed by atoms with Crippen molar-refractivity contribution < 1.29 is 14.7 Å². The Kier molecular flexibility index (Phi) is 6.80. The molecule has 1 heterocycles. The second-order valence-electron chi connectivity index (χ2n) is 4.20. The summed E-state index contributed by atoms with van der Waals surface area (Å²) in [6.07, 6.45) is 4.77. The van der Waals surface area contributed by atoms with E-state index in [-0.39, 0.29) is 5.91 Å². The fraction of sp³-hybridized carbons (Fsp3) is 0.818. The largest absolute Gasteiger partial charge is 0.480 e. The quantitative estimate of drug-likeness (QED) is 0.552. The molecule has 17 heavy (non-hydrogen) atoms. The Morgan fingerprint density at radius 1 is 1.47 bits per heavy atom. The Balaban J connectivity index is 2.01. The molecule has 1 aliphatic rings. The molecule has 6 heteroatoms. The summed E-state index contributed by atoms with van der Waals surface area (Å²) in [5, 5.41) is 11.8. The Bertz CT molecular complexity index is 267. The lowest BCUT2D eigenvalue weighted by Gasteiger charge is -2.09. The summed E-state index contributed by atoms with van der Waals surface area (Å²) in [6, 6.07) is -0.788. The zero-order valence-electron chi connectivity index (χ0n) is 9.98. The van der Waals surface area contributed by atoms with Gasteiger partial charge in [0.25, 0.3) is 0 Å². The molecule has 0 saturated carbocycles. The van der Waals surface area contributed by atoms with E-state index in [1.807, 2.05) is 21.6 Å². The van der Waals surface area contributed by atoms with E-state index in [1.165, 1.54) is 25.5 Å². The van der Waals surface area contributed by atoms with Gasteiger partial charge in [-0.25, -0.2) is 0 Å². The molecule has 0 aromatic carbocycles. The molecule has 0 aromatic heterocycles. The van der Waals surface area contributed by atoms with E-state index < -0.39 is 12.0 Å². The van der Waals surface area contributed by atoms with Crippen LogP contribution in [0.1, 0.15) is 39.0 Å². The van der Waals surface area contributed by atoms with Gasteiger partial charge in [0, 0.05) is 17.4 Å². The van der Waals surface area contributed by atoms with E-state index in [0.29, 0.717) is 6.42 Å². The lowest BCUT2D eigenvalue weighted by Crippen LogP contribution is -2.38. The smallest absolute Gasteiger partial charge is 0.325 e. The summed E-state index contributed by atoms with van der Waals surface area (Å²) < 4.78 is 0. The molecule has 4 nitrogen and oxygen atoms in total. The molecule has 0 unspecified atom stereocenters. The third-order valence-electron chi connectivity index (χ3n) is 2.66. The molecule has 2 N–H and O–H groups in total. The highest BCUT2D eigenvalue weighted by molar-refractivity contribution is 8.77. The summed E-state index contributed by atoms with van der Waals surface area (Å²) in [5.74, 6) is 0.0949. The third kappa shape index (κ3) is 6.21. The van der Waals surface area contributed by atoms with Crippen LogP contribution in [0, 0.1) is 0 Å². The van der Waals surface area contributed by atoms with Crippen LogP contribution in [-0.2, 0) is 9.59 Å². The average Bonchev–Trinajstić information content (AvgIpc) is 2.77. The Morgan fingerprint density at radius 2 is 2.24 bits per heavy atom. The van der Waals surface area contributed by atoms with Crippen LogP contribution < -0.4 is 5.32 Å². The van der Waals surface area contributed by atoms with Gasteiger partial charge in [-0.15, -0.1) is 0 Å². The number of carboxylic acid groups (broad SMARTS) is 1. The molecule has 1 aliphatic heterocycles. The minimum atomic E-state index is -0.988. The number of carbonyl (C=O) groups excluding carboxylic acids is 1. The van der Waals surface area contributed by atoms with Gasteiger partial charge in [-0.05, 0) is 26.2 Å². The molecule has 0 radical (unpaired) electrons. The van der Waals surface area contributed by atoms with Crippen molar-refractivity contribution in [1.82, 2.24) is 5.32 Å². The predicted octanol–water partition coefficient (Wildman–Crippen LogP) is 2.29. The van der Waals surface area contributed by atoms with E-state index in [1.54, 1.807) is 0 Å². The number of rotatable bonds is 7. The number of unbranched alkanes of at least 4 members (excludes halogenated alkanes) is 1. The van der Waals surface area contributed by atoms with Crippen molar-refractivity contribution in [2.75, 3.05) is 5.75 Å². The normalized spacial score (nSPS) is 21.1.